The molecule has 13 heteroatoms. The lowest BCUT2D eigenvalue weighted by molar-refractivity contribution is -0.149. The standard InChI is InChI=1S/C31H41BrN5O6P/c1-6-10-23(37-27(19-40-7-2)35-28-29(37)25-11-8-9-12-26(25)34-30(28)33)17-18-41-44(39,36-21(5)31(38)42-20(3)4)43-24-15-13-22(32)14-16-24/h8-9,11-16,20-21,23H,6-7,10,17-19H2,1-5H3,(H2,33,34)(H,36,39)/t21-,23+,44+/m0/s1. The Morgan fingerprint density at radius 2 is 1.80 bits per heavy atom. The molecule has 0 aliphatic carbocycles. The molecule has 4 rings (SSSR count). The van der Waals surface area contributed by atoms with E-state index in [9.17, 15) is 9.36 Å². The molecule has 11 nitrogen and oxygen atoms in total. The molecule has 0 amide bonds. The number of nitrogen functional groups attached to an aromatic ring is 1. The Morgan fingerprint density at radius 3 is 2.48 bits per heavy atom. The lowest BCUT2D eigenvalue weighted by atomic mass is 10.1. The number of benzene rings is 2. The van der Waals surface area contributed by atoms with E-state index in [1.165, 1.54) is 0 Å². The molecule has 0 unspecified atom stereocenters. The highest BCUT2D eigenvalue weighted by molar-refractivity contribution is 9.10. The van der Waals surface area contributed by atoms with Crippen molar-refractivity contribution in [3.63, 3.8) is 0 Å². The molecule has 0 radical (unpaired) electrons. The molecule has 238 valence electrons. The van der Waals surface area contributed by atoms with Crippen LogP contribution >= 0.6 is 23.7 Å². The van der Waals surface area contributed by atoms with E-state index in [2.05, 4.69) is 37.5 Å². The number of hydrogen-bond donors (Lipinski definition) is 2. The maximum atomic E-state index is 14.1. The smallest absolute Gasteiger partial charge is 0.459 e. The van der Waals surface area contributed by atoms with Crippen molar-refractivity contribution < 1.29 is 27.9 Å². The van der Waals surface area contributed by atoms with Crippen molar-refractivity contribution in [3.8, 4) is 5.75 Å². The van der Waals surface area contributed by atoms with Gasteiger partial charge in [-0.1, -0.05) is 47.5 Å². The van der Waals surface area contributed by atoms with Crippen LogP contribution in [0.15, 0.2) is 53.0 Å². The molecule has 2 aromatic heterocycles. The highest BCUT2D eigenvalue weighted by Gasteiger charge is 2.33. The Hall–Kier alpha value is -3.02. The maximum Gasteiger partial charge on any atom is 0.459 e. The van der Waals surface area contributed by atoms with Crippen LogP contribution < -0.4 is 15.3 Å². The van der Waals surface area contributed by atoms with E-state index in [1.54, 1.807) is 45.0 Å². The SMILES string of the molecule is CCC[C@H](CCO[P@](=O)(N[C@@H](C)C(=O)OC(C)C)Oc1ccc(Br)cc1)n1c(COCC)nc2c(N)nc3ccccc3c21. The van der Waals surface area contributed by atoms with Crippen molar-refractivity contribution in [2.75, 3.05) is 18.9 Å². The number of esters is 1. The van der Waals surface area contributed by atoms with E-state index < -0.39 is 19.8 Å². The summed E-state index contributed by atoms with van der Waals surface area (Å²) in [5.74, 6) is 0.839. The van der Waals surface area contributed by atoms with Crippen LogP contribution in [-0.4, -0.2) is 45.9 Å². The van der Waals surface area contributed by atoms with Crippen LogP contribution in [0.2, 0.25) is 0 Å². The van der Waals surface area contributed by atoms with Crippen LogP contribution in [0.3, 0.4) is 0 Å². The second-order valence-corrected chi connectivity index (χ2v) is 13.3. The number of imidazole rings is 1. The molecule has 4 aromatic rings. The molecule has 44 heavy (non-hydrogen) atoms. The number of nitrogens with zero attached hydrogens (tertiary/aromatic N) is 3. The van der Waals surface area contributed by atoms with Gasteiger partial charge in [-0.05, 0) is 70.9 Å². The van der Waals surface area contributed by atoms with Crippen LogP contribution in [0.25, 0.3) is 21.9 Å². The first-order chi connectivity index (χ1) is 21.0. The van der Waals surface area contributed by atoms with Gasteiger partial charge in [0.15, 0.2) is 5.82 Å². The number of ether oxygens (including phenoxy) is 2. The first-order valence-corrected chi connectivity index (χ1v) is 17.2. The zero-order chi connectivity index (χ0) is 31.9. The summed E-state index contributed by atoms with van der Waals surface area (Å²) < 4.78 is 40.1. The zero-order valence-corrected chi connectivity index (χ0v) is 28.3. The van der Waals surface area contributed by atoms with Crippen molar-refractivity contribution in [3.05, 3.63) is 58.8 Å². The van der Waals surface area contributed by atoms with Gasteiger partial charge in [0.05, 0.1) is 23.7 Å². The quantitative estimate of drug-likeness (QED) is 0.0907. The van der Waals surface area contributed by atoms with E-state index >= 15 is 0 Å². The Morgan fingerprint density at radius 1 is 1.07 bits per heavy atom. The summed E-state index contributed by atoms with van der Waals surface area (Å²) in [5.41, 5.74) is 8.65. The number of para-hydroxylation sites is 1. The molecule has 0 saturated heterocycles. The molecule has 0 spiro atoms. The summed E-state index contributed by atoms with van der Waals surface area (Å²) in [4.78, 5) is 22.0. The van der Waals surface area contributed by atoms with Crippen molar-refractivity contribution in [2.24, 2.45) is 0 Å². The van der Waals surface area contributed by atoms with Crippen molar-refractivity contribution in [2.45, 2.75) is 78.7 Å². The number of nitrogens with two attached hydrogens (primary N) is 1. The minimum absolute atomic E-state index is 0.0592. The molecule has 0 saturated carbocycles. The van der Waals surface area contributed by atoms with E-state index in [0.717, 1.165) is 39.6 Å². The Labute approximate surface area is 266 Å². The second kappa shape index (κ2) is 15.3. The average Bonchev–Trinajstić information content (AvgIpc) is 3.36. The summed E-state index contributed by atoms with van der Waals surface area (Å²) in [6, 6.07) is 13.6. The van der Waals surface area contributed by atoms with Gasteiger partial charge in [-0.2, -0.15) is 5.09 Å². The topological polar surface area (TPSA) is 140 Å². The number of anilines is 1. The van der Waals surface area contributed by atoms with Crippen molar-refractivity contribution in [1.82, 2.24) is 19.6 Å². The first kappa shape index (κ1) is 33.9. The molecule has 3 N–H and O–H groups in total. The van der Waals surface area contributed by atoms with Gasteiger partial charge in [-0.25, -0.2) is 14.5 Å². The average molecular weight is 691 g/mol. The summed E-state index contributed by atoms with van der Waals surface area (Å²) in [6.45, 7) is 9.98. The Balaban J connectivity index is 1.66. The summed E-state index contributed by atoms with van der Waals surface area (Å²) in [7, 11) is -4.03. The minimum Gasteiger partial charge on any atom is -0.462 e. The minimum atomic E-state index is -4.03. The second-order valence-electron chi connectivity index (χ2n) is 10.7. The molecule has 0 bridgehead atoms. The number of hydrogen-bond acceptors (Lipinski definition) is 9. The van der Waals surface area contributed by atoms with Crippen LogP contribution in [0.1, 0.15) is 65.7 Å². The van der Waals surface area contributed by atoms with Gasteiger partial charge in [-0.15, -0.1) is 0 Å². The number of carbonyl (C=O) groups excluding carboxylic acids is 1. The third-order valence-corrected chi connectivity index (χ3v) is 9.06. The molecule has 0 aliphatic heterocycles. The number of aromatic nitrogens is 3. The summed E-state index contributed by atoms with van der Waals surface area (Å²) >= 11 is 3.40. The van der Waals surface area contributed by atoms with Gasteiger partial charge in [0.25, 0.3) is 0 Å². The highest BCUT2D eigenvalue weighted by atomic mass is 79.9. The maximum absolute atomic E-state index is 14.1. The van der Waals surface area contributed by atoms with Gasteiger partial charge in [-0.3, -0.25) is 9.32 Å². The highest BCUT2D eigenvalue weighted by Crippen LogP contribution is 2.46. The zero-order valence-electron chi connectivity index (χ0n) is 25.8. The van der Waals surface area contributed by atoms with Crippen molar-refractivity contribution in [1.29, 1.82) is 0 Å². The Kier molecular flexibility index (Phi) is 11.8. The molecular formula is C31H41BrN5O6P. The predicted octanol–water partition coefficient (Wildman–Crippen LogP) is 7.33. The molecular weight excluding hydrogens is 649 g/mol. The predicted molar refractivity (Wildman–Crippen MR) is 175 cm³/mol. The molecule has 3 atom stereocenters. The van der Waals surface area contributed by atoms with Crippen LogP contribution in [0.4, 0.5) is 5.82 Å². The lowest BCUT2D eigenvalue weighted by Gasteiger charge is -2.25. The number of nitrogens with one attached hydrogen (secondary N) is 1. The molecule has 0 fully saturated rings. The van der Waals surface area contributed by atoms with Gasteiger partial charge in [0, 0.05) is 22.5 Å². The van der Waals surface area contributed by atoms with Crippen LogP contribution in [-0.2, 0) is 30.0 Å². The van der Waals surface area contributed by atoms with Gasteiger partial charge >= 0.3 is 13.7 Å². The lowest BCUT2D eigenvalue weighted by Crippen LogP contribution is -2.36. The van der Waals surface area contributed by atoms with Gasteiger partial charge in [0.2, 0.25) is 0 Å². The molecule has 2 heterocycles. The number of carbonyl (C=O) groups is 1. The number of fused-ring (bicyclic) bond motifs is 3. The van der Waals surface area contributed by atoms with E-state index in [1.807, 2.05) is 31.2 Å². The van der Waals surface area contributed by atoms with E-state index in [0.29, 0.717) is 36.7 Å². The third kappa shape index (κ3) is 8.37. The van der Waals surface area contributed by atoms with Crippen molar-refractivity contribution >= 4 is 57.4 Å². The fourth-order valence-corrected chi connectivity index (χ4v) is 6.72. The fraction of sp³-hybridized carbons (Fsp3) is 0.452. The fourth-order valence-electron chi connectivity index (χ4n) is 4.95. The van der Waals surface area contributed by atoms with E-state index in [-0.39, 0.29) is 18.8 Å². The van der Waals surface area contributed by atoms with E-state index in [4.69, 9.17) is 29.2 Å². The Bertz CT molecular complexity index is 1610. The summed E-state index contributed by atoms with van der Waals surface area (Å²) in [6.07, 6.45) is 1.80. The number of rotatable bonds is 16. The number of halogens is 1. The molecule has 0 aliphatic rings. The largest absolute Gasteiger partial charge is 0.462 e. The first-order valence-electron chi connectivity index (χ1n) is 14.9. The van der Waals surface area contributed by atoms with Gasteiger partial charge < -0.3 is 24.3 Å². The van der Waals surface area contributed by atoms with Gasteiger partial charge in [0.1, 0.15) is 29.7 Å². The monoisotopic (exact) mass is 689 g/mol. The number of pyridine rings is 1. The third-order valence-electron chi connectivity index (χ3n) is 6.86. The van der Waals surface area contributed by atoms with Crippen LogP contribution in [0, 0.1) is 0 Å². The van der Waals surface area contributed by atoms with Crippen LogP contribution in [0.5, 0.6) is 5.75 Å². The summed E-state index contributed by atoms with van der Waals surface area (Å²) in [5, 5.41) is 3.69. The normalized spacial score (nSPS) is 14.5. The molecule has 2 aromatic carbocycles.